The van der Waals surface area contributed by atoms with Gasteiger partial charge in [-0.05, 0) is 50.5 Å². The van der Waals surface area contributed by atoms with Crippen molar-refractivity contribution in [2.45, 2.75) is 38.8 Å². The van der Waals surface area contributed by atoms with Gasteiger partial charge < -0.3 is 14.9 Å². The van der Waals surface area contributed by atoms with E-state index in [-0.39, 0.29) is 12.3 Å². The number of benzene rings is 1. The largest absolute Gasteiger partial charge is 0.508 e. The molecule has 114 valence electrons. The van der Waals surface area contributed by atoms with Gasteiger partial charge in [-0.3, -0.25) is 4.90 Å². The van der Waals surface area contributed by atoms with E-state index in [4.69, 9.17) is 4.74 Å². The molecular formula is C15H19NO5. The molecule has 0 saturated carbocycles. The Kier molecular flexibility index (Phi) is 3.80. The predicted octanol–water partition coefficient (Wildman–Crippen LogP) is 2.31. The van der Waals surface area contributed by atoms with Crippen molar-refractivity contribution >= 4 is 12.1 Å². The summed E-state index contributed by atoms with van der Waals surface area (Å²) in [6, 6.07) is 3.41. The van der Waals surface area contributed by atoms with Crippen LogP contribution in [0.15, 0.2) is 18.2 Å². The van der Waals surface area contributed by atoms with Crippen molar-refractivity contribution in [1.29, 1.82) is 0 Å². The molecule has 0 aromatic heterocycles. The molecule has 6 nitrogen and oxygen atoms in total. The van der Waals surface area contributed by atoms with Gasteiger partial charge >= 0.3 is 12.1 Å². The van der Waals surface area contributed by atoms with Gasteiger partial charge in [0.05, 0.1) is 0 Å². The van der Waals surface area contributed by atoms with Crippen LogP contribution in [0.1, 0.15) is 37.9 Å². The first-order chi connectivity index (χ1) is 9.69. The minimum absolute atomic E-state index is 0.0867. The summed E-state index contributed by atoms with van der Waals surface area (Å²) in [6.07, 6.45) is -0.166. The van der Waals surface area contributed by atoms with E-state index in [1.54, 1.807) is 26.8 Å². The van der Waals surface area contributed by atoms with Gasteiger partial charge in [0.25, 0.3) is 0 Å². The summed E-state index contributed by atoms with van der Waals surface area (Å²) in [5, 5.41) is 18.9. The molecule has 2 N–H and O–H groups in total. The molecule has 0 fully saturated rings. The van der Waals surface area contributed by atoms with Gasteiger partial charge in [-0.2, -0.15) is 0 Å². The molecule has 1 aromatic carbocycles. The lowest BCUT2D eigenvalue weighted by atomic mass is 9.92. The number of aromatic hydroxyl groups is 1. The number of ether oxygens (including phenoxy) is 1. The molecule has 1 amide bonds. The number of carbonyl (C=O) groups is 2. The normalized spacial score (nSPS) is 18.0. The molecule has 1 unspecified atom stereocenters. The Labute approximate surface area is 122 Å². The Morgan fingerprint density at radius 2 is 2.00 bits per heavy atom. The Bertz CT molecular complexity index is 576. The lowest BCUT2D eigenvalue weighted by Crippen LogP contribution is -2.45. The van der Waals surface area contributed by atoms with Crippen LogP contribution in [0.5, 0.6) is 5.75 Å². The van der Waals surface area contributed by atoms with Crippen molar-refractivity contribution < 1.29 is 24.5 Å². The van der Waals surface area contributed by atoms with Crippen LogP contribution in [-0.4, -0.2) is 39.3 Å². The highest BCUT2D eigenvalue weighted by Crippen LogP contribution is 2.33. The fraction of sp³-hybridized carbons (Fsp3) is 0.467. The molecule has 1 aliphatic heterocycles. The minimum Gasteiger partial charge on any atom is -0.508 e. The molecule has 6 heteroatoms. The summed E-state index contributed by atoms with van der Waals surface area (Å²) in [4.78, 5) is 25.0. The first-order valence-corrected chi connectivity index (χ1v) is 6.73. The number of carboxylic acid groups (broad SMARTS) is 1. The van der Waals surface area contributed by atoms with Crippen molar-refractivity contribution in [3.63, 3.8) is 0 Å². The lowest BCUT2D eigenvalue weighted by Gasteiger charge is -2.35. The fourth-order valence-electron chi connectivity index (χ4n) is 2.40. The molecule has 0 saturated heterocycles. The molecular weight excluding hydrogens is 274 g/mol. The fourth-order valence-corrected chi connectivity index (χ4v) is 2.40. The van der Waals surface area contributed by atoms with Gasteiger partial charge in [-0.15, -0.1) is 0 Å². The first kappa shape index (κ1) is 15.2. The predicted molar refractivity (Wildman–Crippen MR) is 75.1 cm³/mol. The number of phenols is 1. The van der Waals surface area contributed by atoms with E-state index < -0.39 is 23.7 Å². The Morgan fingerprint density at radius 3 is 2.57 bits per heavy atom. The molecule has 0 aliphatic carbocycles. The summed E-state index contributed by atoms with van der Waals surface area (Å²) in [5.41, 5.74) is 0.564. The van der Waals surface area contributed by atoms with E-state index in [0.717, 1.165) is 5.56 Å². The van der Waals surface area contributed by atoms with Crippen molar-refractivity contribution in [2.75, 3.05) is 6.54 Å². The standard InChI is InChI=1S/C15H19NO5/c1-15(2,3)21-14(20)16-7-6-9-8-10(17)4-5-11(9)12(16)13(18)19/h4-5,8,12,17H,6-7H2,1-3H3,(H,18,19). The average Bonchev–Trinajstić information content (AvgIpc) is 2.34. The third-order valence-electron chi connectivity index (χ3n) is 3.22. The van der Waals surface area contributed by atoms with Gasteiger partial charge in [-0.1, -0.05) is 6.07 Å². The highest BCUT2D eigenvalue weighted by Gasteiger charge is 2.38. The summed E-state index contributed by atoms with van der Waals surface area (Å²) >= 11 is 0. The van der Waals surface area contributed by atoms with E-state index in [2.05, 4.69) is 0 Å². The summed E-state index contributed by atoms with van der Waals surface area (Å²) in [5.74, 6) is -1.03. The molecule has 0 bridgehead atoms. The number of rotatable bonds is 1. The van der Waals surface area contributed by atoms with Crippen LogP contribution in [0.3, 0.4) is 0 Å². The maximum Gasteiger partial charge on any atom is 0.411 e. The number of phenolic OH excluding ortho intramolecular Hbond substituents is 1. The number of nitrogens with zero attached hydrogens (tertiary/aromatic N) is 1. The summed E-state index contributed by atoms with van der Waals surface area (Å²) < 4.78 is 5.27. The van der Waals surface area contributed by atoms with E-state index in [1.807, 2.05) is 0 Å². The first-order valence-electron chi connectivity index (χ1n) is 6.73. The number of carboxylic acids is 1. The summed E-state index contributed by atoms with van der Waals surface area (Å²) in [6.45, 7) is 5.44. The average molecular weight is 293 g/mol. The lowest BCUT2D eigenvalue weighted by molar-refractivity contribution is -0.143. The van der Waals surface area contributed by atoms with Gasteiger partial charge in [0.15, 0.2) is 6.04 Å². The second-order valence-corrected chi connectivity index (χ2v) is 6.05. The maximum absolute atomic E-state index is 12.2. The number of fused-ring (bicyclic) bond motifs is 1. The van der Waals surface area contributed by atoms with Gasteiger partial charge in [0, 0.05) is 6.54 Å². The Balaban J connectivity index is 2.35. The van der Waals surface area contributed by atoms with Crippen LogP contribution in [0, 0.1) is 0 Å². The van der Waals surface area contributed by atoms with Crippen molar-refractivity contribution in [3.8, 4) is 5.75 Å². The monoisotopic (exact) mass is 293 g/mol. The Hall–Kier alpha value is -2.24. The van der Waals surface area contributed by atoms with Crippen molar-refractivity contribution in [2.24, 2.45) is 0 Å². The SMILES string of the molecule is CC(C)(C)OC(=O)N1CCc2cc(O)ccc2C1C(=O)O. The minimum atomic E-state index is -1.12. The zero-order valence-electron chi connectivity index (χ0n) is 12.3. The van der Waals surface area contributed by atoms with Crippen molar-refractivity contribution in [1.82, 2.24) is 4.90 Å². The van der Waals surface area contributed by atoms with Gasteiger partial charge in [-0.25, -0.2) is 9.59 Å². The maximum atomic E-state index is 12.2. The third kappa shape index (κ3) is 3.26. The van der Waals surface area contributed by atoms with Crippen LogP contribution in [0.2, 0.25) is 0 Å². The van der Waals surface area contributed by atoms with Gasteiger partial charge in [0.2, 0.25) is 0 Å². The molecule has 1 heterocycles. The molecule has 1 aliphatic rings. The third-order valence-corrected chi connectivity index (χ3v) is 3.22. The molecule has 0 radical (unpaired) electrons. The summed E-state index contributed by atoms with van der Waals surface area (Å²) in [7, 11) is 0. The number of hydrogen-bond acceptors (Lipinski definition) is 4. The number of amides is 1. The second kappa shape index (κ2) is 5.27. The van der Waals surface area contributed by atoms with Crippen LogP contribution in [-0.2, 0) is 16.0 Å². The number of hydrogen-bond donors (Lipinski definition) is 2. The molecule has 2 rings (SSSR count). The van der Waals surface area contributed by atoms with Crippen LogP contribution in [0.4, 0.5) is 4.79 Å². The quantitative estimate of drug-likeness (QED) is 0.829. The second-order valence-electron chi connectivity index (χ2n) is 6.05. The molecule has 0 spiro atoms. The van der Waals surface area contributed by atoms with E-state index in [9.17, 15) is 19.8 Å². The van der Waals surface area contributed by atoms with E-state index >= 15 is 0 Å². The highest BCUT2D eigenvalue weighted by molar-refractivity contribution is 5.82. The van der Waals surface area contributed by atoms with E-state index in [1.165, 1.54) is 17.0 Å². The molecule has 1 aromatic rings. The smallest absolute Gasteiger partial charge is 0.411 e. The zero-order chi connectivity index (χ0) is 15.8. The van der Waals surface area contributed by atoms with Gasteiger partial charge in [0.1, 0.15) is 11.4 Å². The van der Waals surface area contributed by atoms with E-state index in [0.29, 0.717) is 12.0 Å². The van der Waals surface area contributed by atoms with Crippen LogP contribution in [0.25, 0.3) is 0 Å². The van der Waals surface area contributed by atoms with Crippen molar-refractivity contribution in [3.05, 3.63) is 29.3 Å². The van der Waals surface area contributed by atoms with Crippen LogP contribution >= 0.6 is 0 Å². The highest BCUT2D eigenvalue weighted by atomic mass is 16.6. The number of carbonyl (C=O) groups excluding carboxylic acids is 1. The topological polar surface area (TPSA) is 87.1 Å². The number of aliphatic carboxylic acids is 1. The molecule has 21 heavy (non-hydrogen) atoms. The molecule has 1 atom stereocenters. The zero-order valence-corrected chi connectivity index (χ0v) is 12.3. The Morgan fingerprint density at radius 1 is 1.33 bits per heavy atom. The van der Waals surface area contributed by atoms with Crippen LogP contribution < -0.4 is 0 Å².